The van der Waals surface area contributed by atoms with Crippen LogP contribution in [-0.4, -0.2) is 11.1 Å². The molecule has 2 N–H and O–H groups in total. The first kappa shape index (κ1) is 14.2. The summed E-state index contributed by atoms with van der Waals surface area (Å²) in [5, 5.41) is 13.1. The van der Waals surface area contributed by atoms with Gasteiger partial charge in [0, 0.05) is 12.1 Å². The van der Waals surface area contributed by atoms with Crippen molar-refractivity contribution < 1.29 is 5.11 Å². The third kappa shape index (κ3) is 3.45. The molecule has 2 atom stereocenters. The fraction of sp³-hybridized carbons (Fsp3) is 0.368. The summed E-state index contributed by atoms with van der Waals surface area (Å²) in [7, 11) is 0. The molecule has 2 unspecified atom stereocenters. The van der Waals surface area contributed by atoms with Crippen LogP contribution in [0.4, 0.5) is 0 Å². The van der Waals surface area contributed by atoms with Gasteiger partial charge in [-0.15, -0.1) is 0 Å². The Kier molecular flexibility index (Phi) is 4.26. The number of fused-ring (bicyclic) bond motifs is 1. The highest BCUT2D eigenvalue weighted by atomic mass is 16.3. The van der Waals surface area contributed by atoms with Gasteiger partial charge in [-0.3, -0.25) is 0 Å². The summed E-state index contributed by atoms with van der Waals surface area (Å²) in [6.07, 6.45) is 4.68. The maximum absolute atomic E-state index is 9.35. The minimum atomic E-state index is 0.334. The Balaban J connectivity index is 1.65. The highest BCUT2D eigenvalue weighted by molar-refractivity contribution is 5.32. The molecule has 2 heteroatoms. The van der Waals surface area contributed by atoms with Crippen molar-refractivity contribution in [2.24, 2.45) is 0 Å². The van der Waals surface area contributed by atoms with Gasteiger partial charge in [-0.1, -0.05) is 36.4 Å². The monoisotopic (exact) mass is 281 g/mol. The van der Waals surface area contributed by atoms with Crippen molar-refractivity contribution in [1.82, 2.24) is 5.32 Å². The second-order valence-corrected chi connectivity index (χ2v) is 6.08. The predicted molar refractivity (Wildman–Crippen MR) is 86.5 cm³/mol. The van der Waals surface area contributed by atoms with Crippen LogP contribution in [0.15, 0.2) is 48.5 Å². The van der Waals surface area contributed by atoms with Gasteiger partial charge < -0.3 is 10.4 Å². The average molecular weight is 281 g/mol. The number of aryl methyl sites for hydroxylation is 1. The molecule has 1 aliphatic rings. The molecular formula is C19H23NO. The third-order valence-corrected chi connectivity index (χ3v) is 4.33. The number of hydrogen-bond donors (Lipinski definition) is 2. The van der Waals surface area contributed by atoms with Crippen LogP contribution in [0.1, 0.15) is 42.5 Å². The van der Waals surface area contributed by atoms with E-state index in [1.807, 2.05) is 12.1 Å². The highest BCUT2D eigenvalue weighted by Gasteiger charge is 2.20. The van der Waals surface area contributed by atoms with Gasteiger partial charge in [0.05, 0.1) is 0 Å². The summed E-state index contributed by atoms with van der Waals surface area (Å²) < 4.78 is 0. The molecule has 0 heterocycles. The Labute approximate surface area is 126 Å². The zero-order valence-corrected chi connectivity index (χ0v) is 12.5. The lowest BCUT2D eigenvalue weighted by Crippen LogP contribution is -2.34. The summed E-state index contributed by atoms with van der Waals surface area (Å²) >= 11 is 0. The molecule has 2 aromatic carbocycles. The van der Waals surface area contributed by atoms with Crippen molar-refractivity contribution in [3.8, 4) is 5.75 Å². The molecule has 0 radical (unpaired) electrons. The van der Waals surface area contributed by atoms with Crippen LogP contribution >= 0.6 is 0 Å². The topological polar surface area (TPSA) is 32.3 Å². The Bertz CT molecular complexity index is 591. The zero-order valence-electron chi connectivity index (χ0n) is 12.5. The van der Waals surface area contributed by atoms with E-state index in [1.165, 1.54) is 36.0 Å². The molecule has 0 saturated heterocycles. The molecular weight excluding hydrogens is 258 g/mol. The van der Waals surface area contributed by atoms with Gasteiger partial charge in [0.15, 0.2) is 0 Å². The second kappa shape index (κ2) is 6.31. The lowest BCUT2D eigenvalue weighted by Gasteiger charge is -2.29. The van der Waals surface area contributed by atoms with Gasteiger partial charge in [-0.25, -0.2) is 0 Å². The first-order valence-corrected chi connectivity index (χ1v) is 7.84. The van der Waals surface area contributed by atoms with Crippen molar-refractivity contribution in [3.05, 3.63) is 65.2 Å². The molecule has 21 heavy (non-hydrogen) atoms. The molecule has 0 amide bonds. The van der Waals surface area contributed by atoms with E-state index in [2.05, 4.69) is 36.5 Å². The van der Waals surface area contributed by atoms with E-state index >= 15 is 0 Å². The Morgan fingerprint density at radius 2 is 1.90 bits per heavy atom. The third-order valence-electron chi connectivity index (χ3n) is 4.33. The fourth-order valence-corrected chi connectivity index (χ4v) is 3.32. The van der Waals surface area contributed by atoms with Gasteiger partial charge in [-0.2, -0.15) is 0 Å². The Hall–Kier alpha value is -1.80. The number of aromatic hydroxyl groups is 1. The van der Waals surface area contributed by atoms with E-state index in [-0.39, 0.29) is 0 Å². The lowest BCUT2D eigenvalue weighted by molar-refractivity contribution is 0.407. The van der Waals surface area contributed by atoms with E-state index in [0.29, 0.717) is 17.8 Å². The maximum Gasteiger partial charge on any atom is 0.115 e. The van der Waals surface area contributed by atoms with Crippen LogP contribution in [0.3, 0.4) is 0 Å². The molecule has 0 aliphatic heterocycles. The number of rotatable bonds is 4. The predicted octanol–water partition coefficient (Wildman–Crippen LogP) is 3.99. The van der Waals surface area contributed by atoms with Crippen molar-refractivity contribution >= 4 is 0 Å². The van der Waals surface area contributed by atoms with Crippen LogP contribution in [0.25, 0.3) is 0 Å². The highest BCUT2D eigenvalue weighted by Crippen LogP contribution is 2.30. The molecule has 3 rings (SSSR count). The molecule has 0 spiro atoms. The van der Waals surface area contributed by atoms with Crippen molar-refractivity contribution in [2.45, 2.75) is 44.7 Å². The molecule has 0 bridgehead atoms. The van der Waals surface area contributed by atoms with Crippen molar-refractivity contribution in [3.63, 3.8) is 0 Å². The summed E-state index contributed by atoms with van der Waals surface area (Å²) in [4.78, 5) is 0. The van der Waals surface area contributed by atoms with Crippen molar-refractivity contribution in [1.29, 1.82) is 0 Å². The average Bonchev–Trinajstić information content (AvgIpc) is 2.50. The number of nitrogens with one attached hydrogen (secondary N) is 1. The van der Waals surface area contributed by atoms with Gasteiger partial charge in [-0.05, 0) is 61.4 Å². The van der Waals surface area contributed by atoms with Crippen LogP contribution in [0.5, 0.6) is 5.75 Å². The SMILES string of the molecule is CC(Cc1ccc(O)cc1)NC1CCCc2ccccc21. The molecule has 1 aliphatic carbocycles. The molecule has 0 saturated carbocycles. The minimum Gasteiger partial charge on any atom is -0.508 e. The standard InChI is InChI=1S/C19H23NO/c1-14(13-15-9-11-17(21)12-10-15)20-19-8-4-6-16-5-2-3-7-18(16)19/h2-3,5,7,9-12,14,19-21H,4,6,8,13H2,1H3. The Morgan fingerprint density at radius 3 is 2.71 bits per heavy atom. The quantitative estimate of drug-likeness (QED) is 0.888. The van der Waals surface area contributed by atoms with Crippen LogP contribution in [0, 0.1) is 0 Å². The summed E-state index contributed by atoms with van der Waals surface area (Å²) in [5.41, 5.74) is 4.23. The maximum atomic E-state index is 9.35. The van der Waals surface area contributed by atoms with Crippen LogP contribution in [0.2, 0.25) is 0 Å². The van der Waals surface area contributed by atoms with E-state index in [0.717, 1.165) is 6.42 Å². The van der Waals surface area contributed by atoms with Crippen LogP contribution < -0.4 is 5.32 Å². The smallest absolute Gasteiger partial charge is 0.115 e. The van der Waals surface area contributed by atoms with Crippen LogP contribution in [-0.2, 0) is 12.8 Å². The van der Waals surface area contributed by atoms with Gasteiger partial charge in [0.25, 0.3) is 0 Å². The summed E-state index contributed by atoms with van der Waals surface area (Å²) in [6, 6.07) is 17.2. The Morgan fingerprint density at radius 1 is 1.14 bits per heavy atom. The fourth-order valence-electron chi connectivity index (χ4n) is 3.32. The molecule has 2 aromatic rings. The van der Waals surface area contributed by atoms with Gasteiger partial charge in [0.1, 0.15) is 5.75 Å². The number of phenolic OH excluding ortho intramolecular Hbond substituents is 1. The number of phenols is 1. The van der Waals surface area contributed by atoms with Crippen molar-refractivity contribution in [2.75, 3.05) is 0 Å². The normalized spacial score (nSPS) is 19.0. The largest absolute Gasteiger partial charge is 0.508 e. The first-order chi connectivity index (χ1) is 10.2. The van der Waals surface area contributed by atoms with Gasteiger partial charge in [0.2, 0.25) is 0 Å². The second-order valence-electron chi connectivity index (χ2n) is 6.08. The summed E-state index contributed by atoms with van der Waals surface area (Å²) in [5.74, 6) is 0.334. The molecule has 0 aromatic heterocycles. The minimum absolute atomic E-state index is 0.334. The molecule has 2 nitrogen and oxygen atoms in total. The van der Waals surface area contributed by atoms with E-state index in [4.69, 9.17) is 0 Å². The number of benzene rings is 2. The molecule has 110 valence electrons. The van der Waals surface area contributed by atoms with Gasteiger partial charge >= 0.3 is 0 Å². The zero-order chi connectivity index (χ0) is 14.7. The first-order valence-electron chi connectivity index (χ1n) is 7.84. The van der Waals surface area contributed by atoms with E-state index < -0.39 is 0 Å². The van der Waals surface area contributed by atoms with E-state index in [1.54, 1.807) is 12.1 Å². The summed E-state index contributed by atoms with van der Waals surface area (Å²) in [6.45, 7) is 2.24. The number of hydrogen-bond acceptors (Lipinski definition) is 2. The van der Waals surface area contributed by atoms with E-state index in [9.17, 15) is 5.11 Å². The molecule has 0 fully saturated rings. The lowest BCUT2D eigenvalue weighted by atomic mass is 9.87.